The molecule has 0 aromatic rings. The zero-order valence-electron chi connectivity index (χ0n) is 47.8. The fraction of sp³-hybridized carbons (Fsp3) is 0.862. The van der Waals surface area contributed by atoms with Crippen molar-refractivity contribution in [2.75, 3.05) is 13.2 Å². The van der Waals surface area contributed by atoms with Crippen LogP contribution in [0.3, 0.4) is 0 Å². The van der Waals surface area contributed by atoms with Gasteiger partial charge < -0.3 is 14.2 Å². The lowest BCUT2D eigenvalue weighted by atomic mass is 10.0. The van der Waals surface area contributed by atoms with Crippen molar-refractivity contribution in [3.05, 3.63) is 36.5 Å². The number of ether oxygens (including phenoxy) is 3. The quantitative estimate of drug-likeness (QED) is 0.0261. The van der Waals surface area contributed by atoms with Gasteiger partial charge in [0, 0.05) is 19.3 Å². The van der Waals surface area contributed by atoms with E-state index in [1.54, 1.807) is 0 Å². The Bertz CT molecular complexity index is 1190. The van der Waals surface area contributed by atoms with Gasteiger partial charge in [0.05, 0.1) is 0 Å². The first-order chi connectivity index (χ1) is 35.0. The van der Waals surface area contributed by atoms with E-state index in [1.807, 2.05) is 0 Å². The maximum atomic E-state index is 12.9. The highest BCUT2D eigenvalue weighted by molar-refractivity contribution is 5.71. The van der Waals surface area contributed by atoms with Crippen molar-refractivity contribution in [2.45, 2.75) is 348 Å². The molecule has 0 N–H and O–H groups in total. The molecule has 6 nitrogen and oxygen atoms in total. The number of carbonyl (C=O) groups is 3. The van der Waals surface area contributed by atoms with E-state index in [2.05, 4.69) is 57.2 Å². The van der Waals surface area contributed by atoms with E-state index in [0.29, 0.717) is 19.3 Å². The fourth-order valence-electron chi connectivity index (χ4n) is 9.35. The first kappa shape index (κ1) is 68.6. The van der Waals surface area contributed by atoms with Crippen molar-refractivity contribution in [3.8, 4) is 0 Å². The Kier molecular flexibility index (Phi) is 58.2. The minimum Gasteiger partial charge on any atom is -0.462 e. The molecule has 6 heteroatoms. The van der Waals surface area contributed by atoms with Gasteiger partial charge in [-0.15, -0.1) is 0 Å². The number of allylic oxidation sites excluding steroid dienone is 6. The molecule has 0 spiro atoms. The molecule has 0 aromatic heterocycles. The molecule has 0 heterocycles. The number of hydrogen-bond donors (Lipinski definition) is 0. The summed E-state index contributed by atoms with van der Waals surface area (Å²) in [4.78, 5) is 38.3. The molecule has 0 amide bonds. The van der Waals surface area contributed by atoms with E-state index < -0.39 is 6.10 Å². The van der Waals surface area contributed by atoms with Crippen LogP contribution in [0.25, 0.3) is 0 Å². The maximum Gasteiger partial charge on any atom is 0.306 e. The summed E-state index contributed by atoms with van der Waals surface area (Å²) < 4.78 is 16.9. The molecule has 0 radical (unpaired) electrons. The third-order valence-corrected chi connectivity index (χ3v) is 14.1. The summed E-state index contributed by atoms with van der Waals surface area (Å²) in [5.74, 6) is -0.862. The molecular formula is C65H120O6. The van der Waals surface area contributed by atoms with Gasteiger partial charge in [0.15, 0.2) is 6.10 Å². The Balaban J connectivity index is 4.34. The van der Waals surface area contributed by atoms with Gasteiger partial charge in [-0.25, -0.2) is 0 Å². The van der Waals surface area contributed by atoms with E-state index in [4.69, 9.17) is 14.2 Å². The minimum atomic E-state index is -0.776. The summed E-state index contributed by atoms with van der Waals surface area (Å²) in [5.41, 5.74) is 0. The molecular weight excluding hydrogens is 877 g/mol. The zero-order valence-corrected chi connectivity index (χ0v) is 47.8. The molecule has 0 aliphatic heterocycles. The van der Waals surface area contributed by atoms with E-state index in [-0.39, 0.29) is 31.1 Å². The van der Waals surface area contributed by atoms with Crippen molar-refractivity contribution >= 4 is 17.9 Å². The maximum absolute atomic E-state index is 12.9. The monoisotopic (exact) mass is 997 g/mol. The topological polar surface area (TPSA) is 78.9 Å². The van der Waals surface area contributed by atoms with Gasteiger partial charge in [-0.1, -0.05) is 282 Å². The van der Waals surface area contributed by atoms with E-state index in [9.17, 15) is 14.4 Å². The molecule has 0 rings (SSSR count). The van der Waals surface area contributed by atoms with Crippen LogP contribution in [0.4, 0.5) is 0 Å². The van der Waals surface area contributed by atoms with Crippen LogP contribution in [0.2, 0.25) is 0 Å². The highest BCUT2D eigenvalue weighted by Gasteiger charge is 2.19. The van der Waals surface area contributed by atoms with Gasteiger partial charge in [0.2, 0.25) is 0 Å². The van der Waals surface area contributed by atoms with Crippen LogP contribution in [0.5, 0.6) is 0 Å². The number of rotatable bonds is 58. The molecule has 0 aromatic carbocycles. The van der Waals surface area contributed by atoms with Gasteiger partial charge in [0.1, 0.15) is 13.2 Å². The Morgan fingerprint density at radius 3 is 0.817 bits per heavy atom. The van der Waals surface area contributed by atoms with Crippen molar-refractivity contribution < 1.29 is 28.6 Å². The summed E-state index contributed by atoms with van der Waals surface area (Å²) in [6.07, 6.45) is 72.8. The summed E-state index contributed by atoms with van der Waals surface area (Å²) in [6.45, 7) is 6.66. The number of carbonyl (C=O) groups excluding carboxylic acids is 3. The van der Waals surface area contributed by atoms with Gasteiger partial charge in [-0.2, -0.15) is 0 Å². The third-order valence-electron chi connectivity index (χ3n) is 14.1. The van der Waals surface area contributed by atoms with E-state index in [1.165, 1.54) is 231 Å². The Morgan fingerprint density at radius 1 is 0.282 bits per heavy atom. The number of hydrogen-bond acceptors (Lipinski definition) is 6. The second-order valence-corrected chi connectivity index (χ2v) is 21.3. The molecule has 0 bridgehead atoms. The summed E-state index contributed by atoms with van der Waals surface area (Å²) in [5, 5.41) is 0. The predicted octanol–water partition coefficient (Wildman–Crippen LogP) is 21.2. The van der Waals surface area contributed by atoms with Crippen molar-refractivity contribution in [1.29, 1.82) is 0 Å². The lowest BCUT2D eigenvalue weighted by Crippen LogP contribution is -2.30. The normalized spacial score (nSPS) is 12.2. The Hall–Kier alpha value is -2.37. The average Bonchev–Trinajstić information content (AvgIpc) is 3.37. The molecule has 1 atom stereocenters. The van der Waals surface area contributed by atoms with Crippen LogP contribution >= 0.6 is 0 Å². The standard InChI is InChI=1S/C65H120O6/c1-4-7-10-13-16-19-22-25-28-31-32-35-37-40-43-46-49-52-55-58-64(67)70-61-62(71-65(68)59-56-53-50-47-44-41-38-34-30-27-24-21-18-15-12-9-6-3)60-69-63(66)57-54-51-48-45-42-39-36-33-29-26-23-20-17-14-11-8-5-2/h18,21,26-27,29-30,62H,4-17,19-20,22-25,28,31-61H2,1-3H3/b21-18-,29-26-,30-27-. The van der Waals surface area contributed by atoms with Crippen LogP contribution in [0.15, 0.2) is 36.5 Å². The smallest absolute Gasteiger partial charge is 0.306 e. The van der Waals surface area contributed by atoms with Crippen molar-refractivity contribution in [3.63, 3.8) is 0 Å². The van der Waals surface area contributed by atoms with Crippen LogP contribution in [-0.2, 0) is 28.6 Å². The van der Waals surface area contributed by atoms with Crippen LogP contribution < -0.4 is 0 Å². The van der Waals surface area contributed by atoms with Crippen LogP contribution in [0.1, 0.15) is 342 Å². The largest absolute Gasteiger partial charge is 0.462 e. The molecule has 71 heavy (non-hydrogen) atoms. The van der Waals surface area contributed by atoms with Gasteiger partial charge in [-0.05, 0) is 77.0 Å². The lowest BCUT2D eigenvalue weighted by molar-refractivity contribution is -0.167. The molecule has 0 aliphatic rings. The minimum absolute atomic E-state index is 0.0726. The second-order valence-electron chi connectivity index (χ2n) is 21.3. The molecule has 1 unspecified atom stereocenters. The summed E-state index contributed by atoms with van der Waals surface area (Å²) in [7, 11) is 0. The van der Waals surface area contributed by atoms with Crippen LogP contribution in [-0.4, -0.2) is 37.2 Å². The van der Waals surface area contributed by atoms with Gasteiger partial charge in [-0.3, -0.25) is 14.4 Å². The highest BCUT2D eigenvalue weighted by Crippen LogP contribution is 2.17. The van der Waals surface area contributed by atoms with E-state index in [0.717, 1.165) is 70.6 Å². The lowest BCUT2D eigenvalue weighted by Gasteiger charge is -2.18. The fourth-order valence-corrected chi connectivity index (χ4v) is 9.35. The zero-order chi connectivity index (χ0) is 51.4. The SMILES string of the molecule is CCCCC/C=C\C/C=C\CCCCCCCCCC(=O)OC(COC(=O)CCCCCCCCC/C=C\CCCCCCCC)COC(=O)CCCCCCCCCCCCCCCCCCCCC. The first-order valence-electron chi connectivity index (χ1n) is 31.5. The molecule has 0 saturated heterocycles. The summed E-state index contributed by atoms with van der Waals surface area (Å²) in [6, 6.07) is 0. The molecule has 0 fully saturated rings. The average molecular weight is 998 g/mol. The van der Waals surface area contributed by atoms with Gasteiger partial charge >= 0.3 is 17.9 Å². The highest BCUT2D eigenvalue weighted by atomic mass is 16.6. The van der Waals surface area contributed by atoms with Crippen LogP contribution in [0, 0.1) is 0 Å². The predicted molar refractivity (Wildman–Crippen MR) is 307 cm³/mol. The summed E-state index contributed by atoms with van der Waals surface area (Å²) >= 11 is 0. The third kappa shape index (κ3) is 58.4. The van der Waals surface area contributed by atoms with Crippen molar-refractivity contribution in [2.24, 2.45) is 0 Å². The Labute approximate surface area is 442 Å². The number of unbranched alkanes of at least 4 members (excludes halogenated alkanes) is 41. The molecule has 416 valence electrons. The first-order valence-corrected chi connectivity index (χ1v) is 31.5. The second kappa shape index (κ2) is 60.2. The molecule has 0 aliphatic carbocycles. The Morgan fingerprint density at radius 2 is 0.507 bits per heavy atom. The van der Waals surface area contributed by atoms with E-state index >= 15 is 0 Å². The van der Waals surface area contributed by atoms with Crippen molar-refractivity contribution in [1.82, 2.24) is 0 Å². The molecule has 0 saturated carbocycles. The van der Waals surface area contributed by atoms with Gasteiger partial charge in [0.25, 0.3) is 0 Å². The number of esters is 3.